The van der Waals surface area contributed by atoms with Crippen LogP contribution in [0.2, 0.25) is 0 Å². The molecule has 27 heavy (non-hydrogen) atoms. The fourth-order valence-corrected chi connectivity index (χ4v) is 5.80. The Balaban J connectivity index is 1.99. The van der Waals surface area contributed by atoms with Crippen molar-refractivity contribution in [1.29, 1.82) is 0 Å². The summed E-state index contributed by atoms with van der Waals surface area (Å²) in [5.74, 6) is 0. The van der Waals surface area contributed by atoms with Crippen molar-refractivity contribution in [2.45, 2.75) is 33.1 Å². The van der Waals surface area contributed by atoms with Crippen molar-refractivity contribution in [3.8, 4) is 0 Å². The van der Waals surface area contributed by atoms with Crippen LogP contribution in [0, 0.1) is 24.3 Å². The molecule has 2 heteroatoms. The van der Waals surface area contributed by atoms with Crippen molar-refractivity contribution in [2.75, 3.05) is 0 Å². The van der Waals surface area contributed by atoms with E-state index in [9.17, 15) is 0 Å². The van der Waals surface area contributed by atoms with Crippen LogP contribution in [-0.4, -0.2) is 0 Å². The Morgan fingerprint density at radius 1 is 0.815 bits per heavy atom. The first-order chi connectivity index (χ1) is 12.8. The molecule has 0 radical (unpaired) electrons. The largest absolute Gasteiger partial charge is 0.0535 e. The zero-order valence-electron chi connectivity index (χ0n) is 15.9. The molecule has 5 rings (SSSR count). The quantitative estimate of drug-likeness (QED) is 0.302. The number of hydrogen-bond acceptors (Lipinski definition) is 0. The highest BCUT2D eigenvalue weighted by atomic mass is 79.9. The highest BCUT2D eigenvalue weighted by molar-refractivity contribution is 9.10. The summed E-state index contributed by atoms with van der Waals surface area (Å²) in [4.78, 5) is 0. The van der Waals surface area contributed by atoms with Gasteiger partial charge in [0.15, 0.2) is 0 Å². The first-order valence-corrected chi connectivity index (χ1v) is 10.8. The minimum absolute atomic E-state index is 0.0327. The summed E-state index contributed by atoms with van der Waals surface area (Å²) >= 11 is 7.32. The Bertz CT molecular complexity index is 1380. The second kappa shape index (κ2) is 5.68. The lowest BCUT2D eigenvalue weighted by molar-refractivity contribution is 0.627. The molecule has 0 fully saturated rings. The molecule has 0 aromatic heterocycles. The summed E-state index contributed by atoms with van der Waals surface area (Å²) in [6, 6.07) is 13.6. The van der Waals surface area contributed by atoms with Crippen LogP contribution in [0.4, 0.5) is 0 Å². The molecule has 0 N–H and O–H groups in total. The van der Waals surface area contributed by atoms with Crippen molar-refractivity contribution in [3.63, 3.8) is 0 Å². The van der Waals surface area contributed by atoms with E-state index in [0.717, 1.165) is 8.95 Å². The lowest BCUT2D eigenvalue weighted by atomic mass is 9.71. The fraction of sp³-hybridized carbons (Fsp3) is 0.200. The molecule has 0 bridgehead atoms. The van der Waals surface area contributed by atoms with Crippen molar-refractivity contribution in [2.24, 2.45) is 0 Å². The van der Waals surface area contributed by atoms with Gasteiger partial charge in [-0.1, -0.05) is 51.8 Å². The van der Waals surface area contributed by atoms with Gasteiger partial charge in [0.05, 0.1) is 0 Å². The molecule has 0 heterocycles. The predicted octanol–water partition coefficient (Wildman–Crippen LogP) is 5.73. The van der Waals surface area contributed by atoms with Crippen LogP contribution < -0.4 is 10.4 Å². The Hall–Kier alpha value is -1.64. The molecule has 0 atom stereocenters. The van der Waals surface area contributed by atoms with E-state index in [4.69, 9.17) is 0 Å². The molecular formula is C25H20Br2. The first-order valence-electron chi connectivity index (χ1n) is 9.25. The summed E-state index contributed by atoms with van der Waals surface area (Å²) < 4.78 is 2.29. The topological polar surface area (TPSA) is 0 Å². The SMILES string of the molecule is Cc1c2c(cc3c1=Cc1ccc(Br)cc1C3(C)C)=c1c(C)cc(Br)cc1=C2. The molecule has 134 valence electrons. The summed E-state index contributed by atoms with van der Waals surface area (Å²) in [6.07, 6.45) is 4.73. The highest BCUT2D eigenvalue weighted by Gasteiger charge is 2.31. The van der Waals surface area contributed by atoms with Crippen molar-refractivity contribution >= 4 is 44.0 Å². The van der Waals surface area contributed by atoms with Crippen LogP contribution in [0.25, 0.3) is 12.2 Å². The van der Waals surface area contributed by atoms with E-state index in [1.54, 1.807) is 0 Å². The van der Waals surface area contributed by atoms with Gasteiger partial charge in [0.1, 0.15) is 0 Å². The maximum Gasteiger partial charge on any atom is 0.0184 e. The van der Waals surface area contributed by atoms with Crippen molar-refractivity contribution in [3.05, 3.63) is 99.6 Å². The normalized spacial score (nSPS) is 15.2. The number of rotatable bonds is 0. The van der Waals surface area contributed by atoms with Crippen LogP contribution in [0.5, 0.6) is 0 Å². The molecule has 0 unspecified atom stereocenters. The van der Waals surface area contributed by atoms with E-state index in [1.807, 2.05) is 0 Å². The molecule has 0 nitrogen and oxygen atoms in total. The zero-order valence-corrected chi connectivity index (χ0v) is 19.0. The maximum absolute atomic E-state index is 3.66. The number of hydrogen-bond donors (Lipinski definition) is 0. The van der Waals surface area contributed by atoms with Gasteiger partial charge < -0.3 is 0 Å². The fourth-order valence-electron chi connectivity index (χ4n) is 4.85. The first kappa shape index (κ1) is 17.5. The third-order valence-corrected chi connectivity index (χ3v) is 7.19. The summed E-state index contributed by atoms with van der Waals surface area (Å²) in [5.41, 5.74) is 8.19. The number of aryl methyl sites for hydroxylation is 1. The Labute approximate surface area is 176 Å². The second-order valence-corrected chi connectivity index (χ2v) is 10.1. The Kier molecular flexibility index (Phi) is 3.68. The minimum Gasteiger partial charge on any atom is -0.0535 e. The number of benzene rings is 3. The van der Waals surface area contributed by atoms with Gasteiger partial charge in [-0.2, -0.15) is 0 Å². The molecule has 0 saturated heterocycles. The van der Waals surface area contributed by atoms with Crippen LogP contribution in [0.1, 0.15) is 47.2 Å². The molecule has 2 aliphatic carbocycles. The standard InChI is InChI=1S/C25H20Br2/c1-13-7-18(27)8-16-10-19-14(2)20-9-15-5-6-17(26)11-22(15)25(3,4)23(20)12-21(19)24(13)16/h5-12H,1-4H3. The van der Waals surface area contributed by atoms with E-state index in [1.165, 1.54) is 54.3 Å². The molecule has 2 aliphatic rings. The van der Waals surface area contributed by atoms with Gasteiger partial charge in [-0.15, -0.1) is 0 Å². The van der Waals surface area contributed by atoms with Gasteiger partial charge in [-0.05, 0) is 111 Å². The third kappa shape index (κ3) is 2.39. The second-order valence-electron chi connectivity index (χ2n) is 8.26. The minimum atomic E-state index is -0.0327. The molecule has 0 spiro atoms. The van der Waals surface area contributed by atoms with E-state index in [2.05, 4.69) is 108 Å². The predicted molar refractivity (Wildman–Crippen MR) is 120 cm³/mol. The molecule has 3 aromatic rings. The molecule has 3 aromatic carbocycles. The Morgan fingerprint density at radius 2 is 1.59 bits per heavy atom. The van der Waals surface area contributed by atoms with E-state index >= 15 is 0 Å². The number of fused-ring (bicyclic) bond motifs is 4. The van der Waals surface area contributed by atoms with Gasteiger partial charge in [-0.25, -0.2) is 0 Å². The molecular weight excluding hydrogens is 460 g/mol. The molecule has 0 amide bonds. The van der Waals surface area contributed by atoms with E-state index in [-0.39, 0.29) is 5.41 Å². The smallest absolute Gasteiger partial charge is 0.0184 e. The van der Waals surface area contributed by atoms with Gasteiger partial charge in [0, 0.05) is 14.4 Å². The summed E-state index contributed by atoms with van der Waals surface area (Å²) in [6.45, 7) is 9.19. The zero-order chi connectivity index (χ0) is 19.1. The average molecular weight is 480 g/mol. The van der Waals surface area contributed by atoms with Crippen LogP contribution >= 0.6 is 31.9 Å². The molecule has 0 saturated carbocycles. The van der Waals surface area contributed by atoms with Gasteiger partial charge >= 0.3 is 0 Å². The lowest BCUT2D eigenvalue weighted by Crippen LogP contribution is -2.33. The maximum atomic E-state index is 3.66. The van der Waals surface area contributed by atoms with Gasteiger partial charge in [0.2, 0.25) is 0 Å². The summed E-state index contributed by atoms with van der Waals surface area (Å²) in [5, 5.41) is 5.47. The van der Waals surface area contributed by atoms with Crippen molar-refractivity contribution in [1.82, 2.24) is 0 Å². The lowest BCUT2D eigenvalue weighted by Gasteiger charge is -2.33. The Morgan fingerprint density at radius 3 is 2.37 bits per heavy atom. The van der Waals surface area contributed by atoms with Crippen molar-refractivity contribution < 1.29 is 0 Å². The van der Waals surface area contributed by atoms with Crippen LogP contribution in [-0.2, 0) is 5.41 Å². The van der Waals surface area contributed by atoms with E-state index in [0.29, 0.717) is 0 Å². The van der Waals surface area contributed by atoms with Gasteiger partial charge in [-0.3, -0.25) is 0 Å². The highest BCUT2D eigenvalue weighted by Crippen LogP contribution is 2.38. The van der Waals surface area contributed by atoms with Crippen LogP contribution in [0.15, 0.2) is 45.3 Å². The monoisotopic (exact) mass is 478 g/mol. The average Bonchev–Trinajstić information content (AvgIpc) is 2.96. The number of halogens is 2. The molecule has 0 aliphatic heterocycles. The van der Waals surface area contributed by atoms with E-state index < -0.39 is 0 Å². The third-order valence-electron chi connectivity index (χ3n) is 6.24. The van der Waals surface area contributed by atoms with Crippen LogP contribution in [0.3, 0.4) is 0 Å². The van der Waals surface area contributed by atoms with Gasteiger partial charge in [0.25, 0.3) is 0 Å². The summed E-state index contributed by atoms with van der Waals surface area (Å²) in [7, 11) is 0.